The van der Waals surface area contributed by atoms with Crippen molar-refractivity contribution >= 4 is 5.69 Å². The first-order valence-electron chi connectivity index (χ1n) is 3.31. The van der Waals surface area contributed by atoms with Gasteiger partial charge in [-0.1, -0.05) is 0 Å². The van der Waals surface area contributed by atoms with E-state index in [1.807, 2.05) is 0 Å². The summed E-state index contributed by atoms with van der Waals surface area (Å²) < 4.78 is 1.45. The van der Waals surface area contributed by atoms with Crippen LogP contribution in [0.2, 0.25) is 0 Å². The van der Waals surface area contributed by atoms with Crippen LogP contribution in [0.3, 0.4) is 0 Å². The number of anilines is 1. The topological polar surface area (TPSA) is 74.0 Å². The van der Waals surface area contributed by atoms with Crippen LogP contribution in [0.15, 0.2) is 16.9 Å². The Hall–Kier alpha value is -1.29. The average Bonchev–Trinajstić information content (AvgIpc) is 1.99. The molecule has 1 heterocycles. The first-order chi connectivity index (χ1) is 5.16. The van der Waals surface area contributed by atoms with Crippen LogP contribution in [0.1, 0.15) is 5.69 Å². The average molecular weight is 153 g/mol. The number of nitrogens with zero attached hydrogens (tertiary/aromatic N) is 1. The van der Waals surface area contributed by atoms with Gasteiger partial charge in [0.05, 0.1) is 11.4 Å². The lowest BCUT2D eigenvalue weighted by molar-refractivity contribution is 0.776. The van der Waals surface area contributed by atoms with E-state index in [0.717, 1.165) is 0 Å². The molecule has 0 aliphatic heterocycles. The van der Waals surface area contributed by atoms with Gasteiger partial charge in [0.1, 0.15) is 0 Å². The van der Waals surface area contributed by atoms with E-state index in [0.29, 0.717) is 17.9 Å². The molecule has 60 valence electrons. The molecule has 4 N–H and O–H groups in total. The van der Waals surface area contributed by atoms with Crippen LogP contribution in [0.4, 0.5) is 5.69 Å². The Morgan fingerprint density at radius 2 is 2.18 bits per heavy atom. The minimum absolute atomic E-state index is 0.0837. The van der Waals surface area contributed by atoms with Crippen molar-refractivity contribution < 1.29 is 0 Å². The number of nitrogens with two attached hydrogens (primary N) is 2. The summed E-state index contributed by atoms with van der Waals surface area (Å²) in [6, 6.07) is 3.00. The zero-order valence-electron chi connectivity index (χ0n) is 6.37. The van der Waals surface area contributed by atoms with E-state index in [9.17, 15) is 4.79 Å². The third kappa shape index (κ3) is 1.25. The van der Waals surface area contributed by atoms with Gasteiger partial charge in [0.15, 0.2) is 0 Å². The van der Waals surface area contributed by atoms with Crippen LogP contribution in [-0.2, 0) is 13.6 Å². The lowest BCUT2D eigenvalue weighted by atomic mass is 10.3. The Morgan fingerprint density at radius 3 is 2.64 bits per heavy atom. The highest BCUT2D eigenvalue weighted by molar-refractivity contribution is 5.42. The fourth-order valence-electron chi connectivity index (χ4n) is 0.951. The van der Waals surface area contributed by atoms with Crippen LogP contribution in [0.25, 0.3) is 0 Å². The van der Waals surface area contributed by atoms with Crippen molar-refractivity contribution in [2.45, 2.75) is 6.54 Å². The third-order valence-electron chi connectivity index (χ3n) is 1.67. The molecular weight excluding hydrogens is 142 g/mol. The van der Waals surface area contributed by atoms with Crippen LogP contribution in [-0.4, -0.2) is 4.57 Å². The molecule has 0 atom stereocenters. The maximum atomic E-state index is 11.0. The second-order valence-electron chi connectivity index (χ2n) is 2.34. The largest absolute Gasteiger partial charge is 0.397 e. The van der Waals surface area contributed by atoms with Gasteiger partial charge in [0.2, 0.25) is 0 Å². The Kier molecular flexibility index (Phi) is 1.96. The minimum atomic E-state index is -0.0837. The second kappa shape index (κ2) is 2.75. The highest BCUT2D eigenvalue weighted by Crippen LogP contribution is 2.04. The lowest BCUT2D eigenvalue weighted by Gasteiger charge is -2.07. The quantitative estimate of drug-likeness (QED) is 0.567. The summed E-state index contributed by atoms with van der Waals surface area (Å²) in [7, 11) is 1.65. The predicted molar refractivity (Wildman–Crippen MR) is 44.0 cm³/mol. The number of hydrogen-bond acceptors (Lipinski definition) is 3. The Morgan fingerprint density at radius 1 is 1.55 bits per heavy atom. The van der Waals surface area contributed by atoms with E-state index in [1.54, 1.807) is 13.1 Å². The normalized spacial score (nSPS) is 10.0. The molecule has 0 aliphatic carbocycles. The second-order valence-corrected chi connectivity index (χ2v) is 2.34. The smallest absolute Gasteiger partial charge is 0.250 e. The molecule has 0 fully saturated rings. The fraction of sp³-hybridized carbons (Fsp3) is 0.286. The van der Waals surface area contributed by atoms with Crippen molar-refractivity contribution in [2.75, 3.05) is 5.73 Å². The predicted octanol–water partition coefficient (Wildman–Crippen LogP) is -0.574. The summed E-state index contributed by atoms with van der Waals surface area (Å²) >= 11 is 0. The van der Waals surface area contributed by atoms with Crippen molar-refractivity contribution in [3.63, 3.8) is 0 Å². The van der Waals surface area contributed by atoms with Gasteiger partial charge in [-0.3, -0.25) is 4.79 Å². The molecule has 1 aromatic rings. The molecule has 0 aromatic carbocycles. The molecule has 4 heteroatoms. The first kappa shape index (κ1) is 7.81. The van der Waals surface area contributed by atoms with Gasteiger partial charge < -0.3 is 16.0 Å². The molecule has 0 aliphatic rings. The summed E-state index contributed by atoms with van der Waals surface area (Å²) in [6.07, 6.45) is 0. The molecule has 1 rings (SSSR count). The lowest BCUT2D eigenvalue weighted by Crippen LogP contribution is -2.22. The maximum absolute atomic E-state index is 11.0. The van der Waals surface area contributed by atoms with Crippen LogP contribution >= 0.6 is 0 Å². The molecular formula is C7H11N3O. The molecule has 0 amide bonds. The molecule has 0 radical (unpaired) electrons. The summed E-state index contributed by atoms with van der Waals surface area (Å²) in [6.45, 7) is 0.290. The van der Waals surface area contributed by atoms with Gasteiger partial charge in [-0.15, -0.1) is 0 Å². The Balaban J connectivity index is 3.41. The molecule has 4 nitrogen and oxygen atoms in total. The number of nitrogen functional groups attached to an aromatic ring is 1. The van der Waals surface area contributed by atoms with E-state index >= 15 is 0 Å². The van der Waals surface area contributed by atoms with Gasteiger partial charge >= 0.3 is 0 Å². The van der Waals surface area contributed by atoms with Crippen molar-refractivity contribution in [1.29, 1.82) is 0 Å². The summed E-state index contributed by atoms with van der Waals surface area (Å²) in [5.41, 5.74) is 12.1. The first-order valence-corrected chi connectivity index (χ1v) is 3.31. The van der Waals surface area contributed by atoms with Crippen LogP contribution in [0.5, 0.6) is 0 Å². The van der Waals surface area contributed by atoms with Gasteiger partial charge in [-0.2, -0.15) is 0 Å². The van der Waals surface area contributed by atoms with Gasteiger partial charge in [0.25, 0.3) is 5.56 Å². The highest BCUT2D eigenvalue weighted by atomic mass is 16.1. The molecule has 0 bridgehead atoms. The molecule has 0 saturated heterocycles. The molecule has 1 aromatic heterocycles. The van der Waals surface area contributed by atoms with E-state index < -0.39 is 0 Å². The highest BCUT2D eigenvalue weighted by Gasteiger charge is 2.00. The van der Waals surface area contributed by atoms with E-state index in [2.05, 4.69) is 0 Å². The van der Waals surface area contributed by atoms with Crippen LogP contribution < -0.4 is 17.0 Å². The summed E-state index contributed by atoms with van der Waals surface area (Å²) in [5.74, 6) is 0. The van der Waals surface area contributed by atoms with Crippen molar-refractivity contribution in [2.24, 2.45) is 12.8 Å². The summed E-state index contributed by atoms with van der Waals surface area (Å²) in [5, 5.41) is 0. The number of rotatable bonds is 1. The van der Waals surface area contributed by atoms with Gasteiger partial charge in [0, 0.05) is 19.7 Å². The van der Waals surface area contributed by atoms with Crippen molar-refractivity contribution in [3.05, 3.63) is 28.2 Å². The van der Waals surface area contributed by atoms with Crippen LogP contribution in [0, 0.1) is 0 Å². The monoisotopic (exact) mass is 153 g/mol. The van der Waals surface area contributed by atoms with E-state index in [1.165, 1.54) is 10.6 Å². The number of pyridine rings is 1. The number of hydrogen-bond donors (Lipinski definition) is 2. The molecule has 0 spiro atoms. The standard InChI is InChI=1S/C7H11N3O/c1-10-6(4-8)5(9)2-3-7(10)11/h2-3H,4,8-9H2,1H3. The van der Waals surface area contributed by atoms with Crippen molar-refractivity contribution in [1.82, 2.24) is 4.57 Å². The molecule has 11 heavy (non-hydrogen) atoms. The van der Waals surface area contributed by atoms with E-state index in [-0.39, 0.29) is 5.56 Å². The Bertz CT molecular complexity index is 316. The summed E-state index contributed by atoms with van der Waals surface area (Å²) in [4.78, 5) is 11.0. The molecule has 0 saturated carbocycles. The minimum Gasteiger partial charge on any atom is -0.397 e. The SMILES string of the molecule is Cn1c(CN)c(N)ccc1=O. The third-order valence-corrected chi connectivity index (χ3v) is 1.67. The van der Waals surface area contributed by atoms with E-state index in [4.69, 9.17) is 11.5 Å². The fourth-order valence-corrected chi connectivity index (χ4v) is 0.951. The Labute approximate surface area is 64.4 Å². The zero-order chi connectivity index (χ0) is 8.43. The number of aromatic nitrogens is 1. The van der Waals surface area contributed by atoms with Crippen molar-refractivity contribution in [3.8, 4) is 0 Å². The zero-order valence-corrected chi connectivity index (χ0v) is 6.37. The molecule has 0 unspecified atom stereocenters. The maximum Gasteiger partial charge on any atom is 0.250 e. The van der Waals surface area contributed by atoms with Gasteiger partial charge in [-0.25, -0.2) is 0 Å². The van der Waals surface area contributed by atoms with Gasteiger partial charge in [-0.05, 0) is 6.07 Å².